The number of rotatable bonds is 6. The van der Waals surface area contributed by atoms with Crippen LogP contribution in [0, 0.1) is 0 Å². The van der Waals surface area contributed by atoms with Gasteiger partial charge in [0.2, 0.25) is 11.8 Å². The molecule has 0 aromatic heterocycles. The number of amides is 2. The quantitative estimate of drug-likeness (QED) is 0.818. The minimum atomic E-state index is -0.474. The maximum absolute atomic E-state index is 12.4. The number of amidine groups is 1. The van der Waals surface area contributed by atoms with Gasteiger partial charge >= 0.3 is 0 Å². The van der Waals surface area contributed by atoms with E-state index in [2.05, 4.69) is 15.6 Å². The number of carbonyl (C=O) groups is 2. The number of nitrogens with zero attached hydrogens (tertiary/aromatic N) is 1. The highest BCUT2D eigenvalue weighted by Crippen LogP contribution is 2.26. The van der Waals surface area contributed by atoms with Gasteiger partial charge in [0.25, 0.3) is 0 Å². The van der Waals surface area contributed by atoms with Gasteiger partial charge in [0.05, 0.1) is 12.6 Å². The first-order valence-corrected chi connectivity index (χ1v) is 9.26. The zero-order valence-corrected chi connectivity index (χ0v) is 15.5. The van der Waals surface area contributed by atoms with Crippen molar-refractivity contribution < 1.29 is 14.3 Å². The molecule has 1 saturated heterocycles. The molecule has 1 heterocycles. The number of ether oxygens (including phenoxy) is 1. The summed E-state index contributed by atoms with van der Waals surface area (Å²) >= 11 is 1.29. The molecule has 6 nitrogen and oxygen atoms in total. The zero-order chi connectivity index (χ0) is 18.5. The topological polar surface area (TPSA) is 79.8 Å². The van der Waals surface area contributed by atoms with Crippen LogP contribution in [0.4, 0.5) is 5.69 Å². The number of benzene rings is 2. The molecule has 0 spiro atoms. The van der Waals surface area contributed by atoms with Crippen molar-refractivity contribution in [3.05, 3.63) is 42.5 Å². The van der Waals surface area contributed by atoms with E-state index in [0.29, 0.717) is 11.8 Å². The highest BCUT2D eigenvalue weighted by atomic mass is 32.2. The Hall–Kier alpha value is -2.38. The van der Waals surface area contributed by atoms with Crippen molar-refractivity contribution in [1.82, 2.24) is 5.32 Å². The lowest BCUT2D eigenvalue weighted by atomic mass is 10.1. The molecule has 3 rings (SSSR count). The third-order valence-electron chi connectivity index (χ3n) is 3.96. The van der Waals surface area contributed by atoms with Crippen molar-refractivity contribution in [3.8, 4) is 0 Å². The van der Waals surface area contributed by atoms with Crippen LogP contribution >= 0.6 is 11.8 Å². The Morgan fingerprint density at radius 1 is 1.31 bits per heavy atom. The lowest BCUT2D eigenvalue weighted by Gasteiger charge is -2.10. The predicted octanol–water partition coefficient (Wildman–Crippen LogP) is 2.79. The molecule has 2 amide bonds. The van der Waals surface area contributed by atoms with Gasteiger partial charge in [-0.05, 0) is 18.4 Å². The van der Waals surface area contributed by atoms with E-state index in [9.17, 15) is 9.59 Å². The van der Waals surface area contributed by atoms with Gasteiger partial charge in [-0.25, -0.2) is 0 Å². The van der Waals surface area contributed by atoms with Crippen LogP contribution in [-0.2, 0) is 14.3 Å². The molecule has 0 unspecified atom stereocenters. The Balaban J connectivity index is 1.64. The molecule has 26 heavy (non-hydrogen) atoms. The molecule has 2 N–H and O–H groups in total. The van der Waals surface area contributed by atoms with Crippen LogP contribution in [0.25, 0.3) is 10.8 Å². The van der Waals surface area contributed by atoms with Gasteiger partial charge in [0, 0.05) is 24.6 Å². The van der Waals surface area contributed by atoms with Crippen LogP contribution in [0.1, 0.15) is 13.3 Å². The second-order valence-electron chi connectivity index (χ2n) is 6.11. The van der Waals surface area contributed by atoms with Crippen molar-refractivity contribution in [1.29, 1.82) is 0 Å². The third kappa shape index (κ3) is 4.42. The van der Waals surface area contributed by atoms with Gasteiger partial charge in [-0.3, -0.25) is 14.6 Å². The number of thioether (sulfide) groups is 1. The first kappa shape index (κ1) is 18.4. The summed E-state index contributed by atoms with van der Waals surface area (Å²) in [6.45, 7) is 2.38. The summed E-state index contributed by atoms with van der Waals surface area (Å²) in [4.78, 5) is 28.9. The maximum Gasteiger partial charge on any atom is 0.240 e. The minimum absolute atomic E-state index is 0.0499. The van der Waals surface area contributed by atoms with Crippen LogP contribution < -0.4 is 10.6 Å². The van der Waals surface area contributed by atoms with E-state index in [1.54, 1.807) is 7.11 Å². The molecular weight excluding hydrogens is 350 g/mol. The Morgan fingerprint density at radius 3 is 2.88 bits per heavy atom. The van der Waals surface area contributed by atoms with Gasteiger partial charge in [-0.2, -0.15) is 0 Å². The average molecular weight is 371 g/mol. The molecule has 2 aromatic rings. The number of methoxy groups -OCH3 is 1. The number of carbonyl (C=O) groups excluding carboxylic acids is 2. The number of nitrogens with one attached hydrogen (secondary N) is 2. The van der Waals surface area contributed by atoms with Crippen molar-refractivity contribution in [2.45, 2.75) is 24.6 Å². The van der Waals surface area contributed by atoms with Crippen LogP contribution in [0.15, 0.2) is 47.5 Å². The van der Waals surface area contributed by atoms with Crippen LogP contribution in [0.2, 0.25) is 0 Å². The summed E-state index contributed by atoms with van der Waals surface area (Å²) in [6.07, 6.45) is 0.0946. The highest BCUT2D eigenvalue weighted by Gasteiger charge is 2.32. The molecule has 2 atom stereocenters. The van der Waals surface area contributed by atoms with E-state index >= 15 is 0 Å². The van der Waals surface area contributed by atoms with Crippen molar-refractivity contribution in [2.75, 3.05) is 19.0 Å². The zero-order valence-electron chi connectivity index (χ0n) is 14.7. The second kappa shape index (κ2) is 8.33. The van der Waals surface area contributed by atoms with Crippen LogP contribution in [-0.4, -0.2) is 42.0 Å². The first-order valence-electron chi connectivity index (χ1n) is 8.38. The number of fused-ring (bicyclic) bond motifs is 1. The molecule has 1 fully saturated rings. The Morgan fingerprint density at radius 2 is 2.08 bits per heavy atom. The van der Waals surface area contributed by atoms with E-state index in [1.165, 1.54) is 11.8 Å². The summed E-state index contributed by atoms with van der Waals surface area (Å²) in [5.41, 5.74) is 0.749. The van der Waals surface area contributed by atoms with E-state index in [4.69, 9.17) is 4.74 Å². The van der Waals surface area contributed by atoms with Gasteiger partial charge < -0.3 is 15.4 Å². The van der Waals surface area contributed by atoms with Crippen LogP contribution in [0.3, 0.4) is 0 Å². The SMILES string of the molecule is COC[C@@H](C)N=C1NC(=O)[C@H](CC(=O)Nc2cccc3ccccc23)S1. The van der Waals surface area contributed by atoms with Crippen molar-refractivity contribution >= 4 is 45.2 Å². The van der Waals surface area contributed by atoms with Gasteiger partial charge in [0.1, 0.15) is 5.25 Å². The van der Waals surface area contributed by atoms with Crippen molar-refractivity contribution in [2.24, 2.45) is 4.99 Å². The highest BCUT2D eigenvalue weighted by molar-refractivity contribution is 8.15. The summed E-state index contributed by atoms with van der Waals surface area (Å²) in [5, 5.41) is 7.75. The van der Waals surface area contributed by atoms with E-state index < -0.39 is 5.25 Å². The maximum atomic E-state index is 12.4. The van der Waals surface area contributed by atoms with Gasteiger partial charge in [-0.15, -0.1) is 0 Å². The fourth-order valence-corrected chi connectivity index (χ4v) is 3.85. The van der Waals surface area contributed by atoms with Gasteiger partial charge in [-0.1, -0.05) is 48.2 Å². The number of anilines is 1. The van der Waals surface area contributed by atoms with E-state index in [-0.39, 0.29) is 24.3 Å². The molecule has 1 aliphatic heterocycles. The molecule has 1 aliphatic rings. The summed E-state index contributed by atoms with van der Waals surface area (Å²) < 4.78 is 5.04. The molecule has 136 valence electrons. The monoisotopic (exact) mass is 371 g/mol. The largest absolute Gasteiger partial charge is 0.382 e. The first-order chi connectivity index (χ1) is 12.6. The standard InChI is InChI=1S/C19H21N3O3S/c1-12(11-25-2)20-19-22-18(24)16(26-19)10-17(23)21-15-9-5-7-13-6-3-4-8-14(13)15/h3-9,12,16H,10-11H2,1-2H3,(H,21,23)(H,20,22,24)/t12-,16+/m1/s1. The number of hydrogen-bond donors (Lipinski definition) is 2. The Bertz CT molecular complexity index is 848. The molecule has 0 bridgehead atoms. The molecule has 7 heteroatoms. The molecular formula is C19H21N3O3S. The Labute approximate surface area is 156 Å². The molecule has 2 aromatic carbocycles. The van der Waals surface area contributed by atoms with Crippen molar-refractivity contribution in [3.63, 3.8) is 0 Å². The van der Waals surface area contributed by atoms with E-state index in [0.717, 1.165) is 16.5 Å². The lowest BCUT2D eigenvalue weighted by molar-refractivity contribution is -0.122. The fraction of sp³-hybridized carbons (Fsp3) is 0.316. The van der Waals surface area contributed by atoms with E-state index in [1.807, 2.05) is 49.4 Å². The number of aliphatic imine (C=N–C) groups is 1. The second-order valence-corrected chi connectivity index (χ2v) is 7.30. The minimum Gasteiger partial charge on any atom is -0.382 e. The Kier molecular flexibility index (Phi) is 5.90. The third-order valence-corrected chi connectivity index (χ3v) is 5.05. The molecule has 0 radical (unpaired) electrons. The molecule has 0 saturated carbocycles. The summed E-state index contributed by atoms with van der Waals surface area (Å²) in [7, 11) is 1.61. The van der Waals surface area contributed by atoms with Gasteiger partial charge in [0.15, 0.2) is 5.17 Å². The number of hydrogen-bond acceptors (Lipinski definition) is 5. The molecule has 0 aliphatic carbocycles. The van der Waals surface area contributed by atoms with Crippen LogP contribution in [0.5, 0.6) is 0 Å². The average Bonchev–Trinajstić information content (AvgIpc) is 2.94. The summed E-state index contributed by atoms with van der Waals surface area (Å²) in [5.74, 6) is -0.383. The lowest BCUT2D eigenvalue weighted by Crippen LogP contribution is -2.28. The smallest absolute Gasteiger partial charge is 0.240 e. The predicted molar refractivity (Wildman–Crippen MR) is 105 cm³/mol. The summed E-state index contributed by atoms with van der Waals surface area (Å²) in [6, 6.07) is 13.6. The normalized spacial score (nSPS) is 19.5. The fourth-order valence-electron chi connectivity index (χ4n) is 2.78.